The fraction of sp³-hybridized carbons (Fsp3) is 0.278. The first kappa shape index (κ1) is 16.6. The van der Waals surface area contributed by atoms with Crippen LogP contribution in [-0.2, 0) is 22.8 Å². The van der Waals surface area contributed by atoms with E-state index in [0.717, 1.165) is 17.4 Å². The number of anilines is 1. The lowest BCUT2D eigenvalue weighted by Crippen LogP contribution is -2.31. The number of carbonyl (C=O) groups is 1. The van der Waals surface area contributed by atoms with E-state index in [1.54, 1.807) is 12.1 Å². The molecule has 126 valence electrons. The van der Waals surface area contributed by atoms with Crippen LogP contribution in [0.5, 0.6) is 0 Å². The van der Waals surface area contributed by atoms with Gasteiger partial charge in [-0.15, -0.1) is 0 Å². The summed E-state index contributed by atoms with van der Waals surface area (Å²) in [5, 5.41) is 0. The smallest absolute Gasteiger partial charge is 0.177 e. The maximum absolute atomic E-state index is 13.3. The topological polar surface area (TPSA) is 54.5 Å². The minimum absolute atomic E-state index is 0.115. The van der Waals surface area contributed by atoms with Gasteiger partial charge in [-0.05, 0) is 54.8 Å². The standard InChI is InChI=1S/C18H18FNO3S/c1-12(21)13-4-6-18(24(2,22)23)17(10-13)20-8-7-14-9-16(19)5-3-15(14)11-20/h3-6,9-10H,7-8,11H2,1-2H3. The number of hydrogen-bond donors (Lipinski definition) is 0. The van der Waals surface area contributed by atoms with E-state index in [1.807, 2.05) is 4.90 Å². The Hall–Kier alpha value is -2.21. The third-order valence-electron chi connectivity index (χ3n) is 4.29. The second-order valence-electron chi connectivity index (χ2n) is 6.10. The van der Waals surface area contributed by atoms with Gasteiger partial charge in [-0.3, -0.25) is 4.79 Å². The Morgan fingerprint density at radius 3 is 2.54 bits per heavy atom. The summed E-state index contributed by atoms with van der Waals surface area (Å²) in [5.41, 5.74) is 2.91. The van der Waals surface area contributed by atoms with Crippen LogP contribution in [0.4, 0.5) is 10.1 Å². The molecule has 0 fully saturated rings. The fourth-order valence-electron chi connectivity index (χ4n) is 3.02. The van der Waals surface area contributed by atoms with Crippen LogP contribution in [0.3, 0.4) is 0 Å². The minimum Gasteiger partial charge on any atom is -0.366 e. The Labute approximate surface area is 140 Å². The first-order chi connectivity index (χ1) is 11.3. The van der Waals surface area contributed by atoms with Crippen LogP contribution in [0, 0.1) is 5.82 Å². The molecule has 0 amide bonds. The fourth-order valence-corrected chi connectivity index (χ4v) is 3.91. The maximum atomic E-state index is 13.3. The largest absolute Gasteiger partial charge is 0.366 e. The molecule has 2 aromatic rings. The summed E-state index contributed by atoms with van der Waals surface area (Å²) in [5.74, 6) is -0.381. The van der Waals surface area contributed by atoms with Gasteiger partial charge in [0.25, 0.3) is 0 Å². The van der Waals surface area contributed by atoms with Gasteiger partial charge in [-0.1, -0.05) is 6.07 Å². The summed E-state index contributed by atoms with van der Waals surface area (Å²) in [6.45, 7) is 2.51. The molecule has 1 aliphatic rings. The molecule has 3 rings (SSSR count). The zero-order valence-corrected chi connectivity index (χ0v) is 14.4. The third-order valence-corrected chi connectivity index (χ3v) is 5.43. The Kier molecular flexibility index (Phi) is 4.17. The highest BCUT2D eigenvalue weighted by molar-refractivity contribution is 7.90. The van der Waals surface area contributed by atoms with Crippen molar-refractivity contribution in [3.8, 4) is 0 Å². The van der Waals surface area contributed by atoms with Crippen molar-refractivity contribution in [3.05, 3.63) is 58.9 Å². The summed E-state index contributed by atoms with van der Waals surface area (Å²) in [6, 6.07) is 9.32. The molecule has 24 heavy (non-hydrogen) atoms. The van der Waals surface area contributed by atoms with E-state index < -0.39 is 9.84 Å². The van der Waals surface area contributed by atoms with Crippen LogP contribution >= 0.6 is 0 Å². The molecular weight excluding hydrogens is 329 g/mol. The molecule has 4 nitrogen and oxygen atoms in total. The van der Waals surface area contributed by atoms with Gasteiger partial charge in [0.1, 0.15) is 5.82 Å². The number of sulfone groups is 1. The molecule has 2 aromatic carbocycles. The van der Waals surface area contributed by atoms with E-state index in [0.29, 0.717) is 30.8 Å². The molecule has 6 heteroatoms. The minimum atomic E-state index is -3.42. The quantitative estimate of drug-likeness (QED) is 0.801. The van der Waals surface area contributed by atoms with Crippen molar-refractivity contribution in [1.82, 2.24) is 0 Å². The summed E-state index contributed by atoms with van der Waals surface area (Å²) in [7, 11) is -3.42. The lowest BCUT2D eigenvalue weighted by molar-refractivity contribution is 0.101. The van der Waals surface area contributed by atoms with Crippen LogP contribution in [0.2, 0.25) is 0 Å². The highest BCUT2D eigenvalue weighted by atomic mass is 32.2. The van der Waals surface area contributed by atoms with Crippen molar-refractivity contribution < 1.29 is 17.6 Å². The van der Waals surface area contributed by atoms with Gasteiger partial charge in [0.15, 0.2) is 15.6 Å². The molecule has 1 heterocycles. The van der Waals surface area contributed by atoms with Crippen molar-refractivity contribution in [2.24, 2.45) is 0 Å². The molecule has 0 atom stereocenters. The first-order valence-electron chi connectivity index (χ1n) is 7.63. The van der Waals surface area contributed by atoms with Crippen molar-refractivity contribution in [3.63, 3.8) is 0 Å². The normalized spacial score (nSPS) is 14.4. The number of nitrogens with zero attached hydrogens (tertiary/aromatic N) is 1. The van der Waals surface area contributed by atoms with Gasteiger partial charge in [0, 0.05) is 24.9 Å². The number of fused-ring (bicyclic) bond motifs is 1. The Balaban J connectivity index is 2.07. The Morgan fingerprint density at radius 2 is 1.88 bits per heavy atom. The van der Waals surface area contributed by atoms with Crippen LogP contribution in [0.25, 0.3) is 0 Å². The van der Waals surface area contributed by atoms with Gasteiger partial charge in [-0.2, -0.15) is 0 Å². The van der Waals surface area contributed by atoms with Gasteiger partial charge in [-0.25, -0.2) is 12.8 Å². The van der Waals surface area contributed by atoms with Crippen LogP contribution in [0.15, 0.2) is 41.3 Å². The number of ketones is 1. The predicted octanol–water partition coefficient (Wildman–Crippen LogP) is 2.99. The van der Waals surface area contributed by atoms with Crippen LogP contribution in [0.1, 0.15) is 28.4 Å². The number of halogens is 1. The monoisotopic (exact) mass is 347 g/mol. The molecule has 0 bridgehead atoms. The SMILES string of the molecule is CC(=O)c1ccc(S(C)(=O)=O)c(N2CCc3cc(F)ccc3C2)c1. The van der Waals surface area contributed by atoms with E-state index in [2.05, 4.69) is 0 Å². The number of carbonyl (C=O) groups excluding carboxylic acids is 1. The van der Waals surface area contributed by atoms with E-state index in [1.165, 1.54) is 31.2 Å². The molecule has 0 saturated carbocycles. The lowest BCUT2D eigenvalue weighted by Gasteiger charge is -2.32. The molecule has 0 aromatic heterocycles. The molecule has 0 saturated heterocycles. The number of rotatable bonds is 3. The molecule has 0 radical (unpaired) electrons. The molecule has 0 N–H and O–H groups in total. The second kappa shape index (κ2) is 6.02. The average molecular weight is 347 g/mol. The van der Waals surface area contributed by atoms with Crippen molar-refractivity contribution in [2.75, 3.05) is 17.7 Å². The molecule has 0 aliphatic carbocycles. The first-order valence-corrected chi connectivity index (χ1v) is 9.52. The average Bonchev–Trinajstić information content (AvgIpc) is 2.52. The van der Waals surface area contributed by atoms with E-state index in [9.17, 15) is 17.6 Å². The molecule has 1 aliphatic heterocycles. The second-order valence-corrected chi connectivity index (χ2v) is 8.08. The highest BCUT2D eigenvalue weighted by Crippen LogP contribution is 2.31. The Morgan fingerprint density at radius 1 is 1.12 bits per heavy atom. The summed E-state index contributed by atoms with van der Waals surface area (Å²) in [6.07, 6.45) is 1.78. The Bertz CT molecular complexity index is 922. The van der Waals surface area contributed by atoms with Crippen LogP contribution < -0.4 is 4.90 Å². The predicted molar refractivity (Wildman–Crippen MR) is 90.7 cm³/mol. The number of benzene rings is 2. The van der Waals surface area contributed by atoms with Gasteiger partial charge in [0.05, 0.1) is 10.6 Å². The molecule has 0 spiro atoms. The zero-order valence-electron chi connectivity index (χ0n) is 13.5. The van der Waals surface area contributed by atoms with Crippen molar-refractivity contribution in [2.45, 2.75) is 24.8 Å². The maximum Gasteiger partial charge on any atom is 0.177 e. The summed E-state index contributed by atoms with van der Waals surface area (Å²) < 4.78 is 37.6. The summed E-state index contributed by atoms with van der Waals surface area (Å²) in [4.78, 5) is 13.8. The zero-order chi connectivity index (χ0) is 17.5. The van der Waals surface area contributed by atoms with Gasteiger partial charge in [0.2, 0.25) is 0 Å². The van der Waals surface area contributed by atoms with E-state index in [4.69, 9.17) is 0 Å². The van der Waals surface area contributed by atoms with Crippen molar-refractivity contribution >= 4 is 21.3 Å². The van der Waals surface area contributed by atoms with Crippen molar-refractivity contribution in [1.29, 1.82) is 0 Å². The van der Waals surface area contributed by atoms with E-state index >= 15 is 0 Å². The van der Waals surface area contributed by atoms with Gasteiger partial charge < -0.3 is 4.90 Å². The third kappa shape index (κ3) is 3.19. The highest BCUT2D eigenvalue weighted by Gasteiger charge is 2.23. The molecular formula is C18H18FNO3S. The summed E-state index contributed by atoms with van der Waals surface area (Å²) >= 11 is 0. The number of hydrogen-bond acceptors (Lipinski definition) is 4. The number of Topliss-reactive ketones (excluding diaryl/α,β-unsaturated/α-hetero) is 1. The van der Waals surface area contributed by atoms with Gasteiger partial charge >= 0.3 is 0 Å². The lowest BCUT2D eigenvalue weighted by atomic mass is 9.99. The molecule has 0 unspecified atom stereocenters. The van der Waals surface area contributed by atoms with Crippen LogP contribution in [-0.4, -0.2) is 27.0 Å². The van der Waals surface area contributed by atoms with E-state index in [-0.39, 0.29) is 16.5 Å².